The summed E-state index contributed by atoms with van der Waals surface area (Å²) in [6.07, 6.45) is 4.31. The predicted octanol–water partition coefficient (Wildman–Crippen LogP) is 4.25. The maximum atomic E-state index is 12.9. The zero-order valence-corrected chi connectivity index (χ0v) is 13.6. The van der Waals surface area contributed by atoms with Gasteiger partial charge in [0.1, 0.15) is 0 Å². The van der Waals surface area contributed by atoms with Crippen LogP contribution in [0.4, 0.5) is 0 Å². The maximum absolute atomic E-state index is 12.9. The van der Waals surface area contributed by atoms with Crippen LogP contribution in [0.25, 0.3) is 0 Å². The van der Waals surface area contributed by atoms with E-state index in [-0.39, 0.29) is 5.41 Å². The minimum atomic E-state index is -0.149. The van der Waals surface area contributed by atoms with Crippen molar-refractivity contribution in [2.24, 2.45) is 0 Å². The van der Waals surface area contributed by atoms with Crippen molar-refractivity contribution in [2.75, 3.05) is 13.1 Å². The molecule has 2 aromatic heterocycles. The Morgan fingerprint density at radius 1 is 1.10 bits per heavy atom. The van der Waals surface area contributed by atoms with E-state index in [1.165, 1.54) is 9.75 Å². The van der Waals surface area contributed by atoms with Gasteiger partial charge in [0.2, 0.25) is 5.91 Å². The molecule has 0 spiro atoms. The van der Waals surface area contributed by atoms with E-state index in [4.69, 9.17) is 0 Å². The summed E-state index contributed by atoms with van der Waals surface area (Å²) in [5.74, 6) is 1.04. The third kappa shape index (κ3) is 2.34. The molecule has 4 rings (SSSR count). The first kappa shape index (κ1) is 13.5. The smallest absolute Gasteiger partial charge is 0.234 e. The van der Waals surface area contributed by atoms with Crippen LogP contribution in [0.1, 0.15) is 41.4 Å². The van der Waals surface area contributed by atoms with E-state index in [1.54, 1.807) is 11.3 Å². The fraction of sp³-hybridized carbons (Fsp3) is 0.471. The summed E-state index contributed by atoms with van der Waals surface area (Å²) in [4.78, 5) is 17.8. The second kappa shape index (κ2) is 5.25. The first-order chi connectivity index (χ1) is 10.3. The normalized spacial score (nSPS) is 21.4. The minimum absolute atomic E-state index is 0.149. The van der Waals surface area contributed by atoms with Crippen LogP contribution in [0.15, 0.2) is 35.0 Å². The second-order valence-electron chi connectivity index (χ2n) is 6.14. The highest BCUT2D eigenvalue weighted by molar-refractivity contribution is 7.10. The molecule has 110 valence electrons. The number of amides is 1. The first-order valence-corrected chi connectivity index (χ1v) is 9.42. The molecule has 0 N–H and O–H groups in total. The van der Waals surface area contributed by atoms with Gasteiger partial charge in [-0.2, -0.15) is 0 Å². The van der Waals surface area contributed by atoms with Crippen molar-refractivity contribution in [3.05, 3.63) is 44.8 Å². The molecular formula is C17H19NOS2. The van der Waals surface area contributed by atoms with Crippen LogP contribution in [0, 0.1) is 0 Å². The highest BCUT2D eigenvalue weighted by atomic mass is 32.1. The lowest BCUT2D eigenvalue weighted by molar-refractivity contribution is -0.134. The van der Waals surface area contributed by atoms with Gasteiger partial charge in [-0.3, -0.25) is 4.79 Å². The average molecular weight is 317 g/mol. The summed E-state index contributed by atoms with van der Waals surface area (Å²) in [6, 6.07) is 8.57. The van der Waals surface area contributed by atoms with Crippen LogP contribution < -0.4 is 0 Å². The van der Waals surface area contributed by atoms with Crippen LogP contribution in [0.5, 0.6) is 0 Å². The summed E-state index contributed by atoms with van der Waals surface area (Å²) < 4.78 is 0. The Kier molecular flexibility index (Phi) is 3.38. The highest BCUT2D eigenvalue weighted by Crippen LogP contribution is 2.51. The molecule has 1 aliphatic heterocycles. The summed E-state index contributed by atoms with van der Waals surface area (Å²) >= 11 is 3.59. The first-order valence-electron chi connectivity index (χ1n) is 7.66. The van der Waals surface area contributed by atoms with Crippen LogP contribution in [0.2, 0.25) is 0 Å². The molecule has 0 aromatic carbocycles. The molecule has 1 aliphatic carbocycles. The Hall–Kier alpha value is -1.13. The van der Waals surface area contributed by atoms with E-state index in [1.807, 2.05) is 11.3 Å². The summed E-state index contributed by atoms with van der Waals surface area (Å²) in [6.45, 7) is 1.85. The van der Waals surface area contributed by atoms with E-state index < -0.39 is 0 Å². The largest absolute Gasteiger partial charge is 0.342 e. The highest BCUT2D eigenvalue weighted by Gasteiger charge is 2.54. The number of carbonyl (C=O) groups is 1. The van der Waals surface area contributed by atoms with Crippen molar-refractivity contribution in [1.29, 1.82) is 0 Å². The van der Waals surface area contributed by atoms with Gasteiger partial charge in [-0.1, -0.05) is 12.1 Å². The molecule has 2 aliphatic rings. The Bertz CT molecular complexity index is 605. The number of thiophene rings is 2. The van der Waals surface area contributed by atoms with Crippen LogP contribution in [-0.4, -0.2) is 23.9 Å². The van der Waals surface area contributed by atoms with Crippen molar-refractivity contribution in [2.45, 2.75) is 37.0 Å². The summed E-state index contributed by atoms with van der Waals surface area (Å²) in [5.41, 5.74) is -0.149. The molecular weight excluding hydrogens is 298 g/mol. The van der Waals surface area contributed by atoms with E-state index in [0.717, 1.165) is 38.8 Å². The molecule has 0 unspecified atom stereocenters. The number of piperidine rings is 1. The monoisotopic (exact) mass is 317 g/mol. The SMILES string of the molecule is O=C(N1CCC(c2cccs2)CC1)C1(c2cccs2)CC1. The van der Waals surface area contributed by atoms with Crippen LogP contribution >= 0.6 is 22.7 Å². The number of likely N-dealkylation sites (tertiary alicyclic amines) is 1. The van der Waals surface area contributed by atoms with E-state index in [0.29, 0.717) is 11.8 Å². The second-order valence-corrected chi connectivity index (χ2v) is 8.07. The Balaban J connectivity index is 1.44. The Morgan fingerprint density at radius 3 is 2.38 bits per heavy atom. The number of hydrogen-bond acceptors (Lipinski definition) is 3. The van der Waals surface area contributed by atoms with Gasteiger partial charge in [0, 0.05) is 22.8 Å². The van der Waals surface area contributed by atoms with Gasteiger partial charge in [0.25, 0.3) is 0 Å². The minimum Gasteiger partial charge on any atom is -0.342 e. The quantitative estimate of drug-likeness (QED) is 0.829. The van der Waals surface area contributed by atoms with Crippen LogP contribution in [0.3, 0.4) is 0 Å². The van der Waals surface area contributed by atoms with Gasteiger partial charge < -0.3 is 4.90 Å². The summed E-state index contributed by atoms with van der Waals surface area (Å²) in [5, 5.41) is 4.24. The molecule has 0 radical (unpaired) electrons. The van der Waals surface area contributed by atoms with Crippen LogP contribution in [-0.2, 0) is 10.2 Å². The van der Waals surface area contributed by atoms with Gasteiger partial charge in [0.15, 0.2) is 0 Å². The van der Waals surface area contributed by atoms with Gasteiger partial charge in [-0.25, -0.2) is 0 Å². The zero-order valence-electron chi connectivity index (χ0n) is 12.0. The fourth-order valence-electron chi connectivity index (χ4n) is 3.43. The number of rotatable bonds is 3. The molecule has 1 saturated carbocycles. The molecule has 4 heteroatoms. The number of carbonyl (C=O) groups excluding carboxylic acids is 1. The van der Waals surface area contributed by atoms with E-state index in [9.17, 15) is 4.79 Å². The molecule has 2 nitrogen and oxygen atoms in total. The molecule has 1 saturated heterocycles. The zero-order chi connectivity index (χ0) is 14.3. The molecule has 1 amide bonds. The molecule has 3 heterocycles. The Labute approximate surface area is 133 Å². The molecule has 0 bridgehead atoms. The molecule has 2 fully saturated rings. The third-order valence-electron chi connectivity index (χ3n) is 4.88. The van der Waals surface area contributed by atoms with Gasteiger partial charge in [-0.05, 0) is 54.5 Å². The van der Waals surface area contributed by atoms with Crippen molar-refractivity contribution >= 4 is 28.6 Å². The lowest BCUT2D eigenvalue weighted by atomic mass is 9.93. The van der Waals surface area contributed by atoms with Gasteiger partial charge in [-0.15, -0.1) is 22.7 Å². The lowest BCUT2D eigenvalue weighted by Crippen LogP contribution is -2.43. The molecule has 2 aromatic rings. The topological polar surface area (TPSA) is 20.3 Å². The predicted molar refractivity (Wildman–Crippen MR) is 88.1 cm³/mol. The Morgan fingerprint density at radius 2 is 1.81 bits per heavy atom. The average Bonchev–Trinajstić information content (AvgIpc) is 2.99. The summed E-state index contributed by atoms with van der Waals surface area (Å²) in [7, 11) is 0. The van der Waals surface area contributed by atoms with Gasteiger partial charge in [0.05, 0.1) is 5.41 Å². The molecule has 21 heavy (non-hydrogen) atoms. The number of nitrogens with zero attached hydrogens (tertiary/aromatic N) is 1. The van der Waals surface area contributed by atoms with Crippen molar-refractivity contribution < 1.29 is 4.79 Å². The standard InChI is InChI=1S/C17H19NOS2/c19-16(17(7-8-17)15-4-2-12-21-15)18-9-5-13(6-10-18)14-3-1-11-20-14/h1-4,11-13H,5-10H2. The number of hydrogen-bond donors (Lipinski definition) is 0. The third-order valence-corrected chi connectivity index (χ3v) is 6.99. The lowest BCUT2D eigenvalue weighted by Gasteiger charge is -2.34. The van der Waals surface area contributed by atoms with Crippen molar-refractivity contribution in [1.82, 2.24) is 4.90 Å². The molecule has 0 atom stereocenters. The van der Waals surface area contributed by atoms with E-state index in [2.05, 4.69) is 39.9 Å². The maximum Gasteiger partial charge on any atom is 0.234 e. The van der Waals surface area contributed by atoms with E-state index >= 15 is 0 Å². The fourth-order valence-corrected chi connectivity index (χ4v) is 5.31. The van der Waals surface area contributed by atoms with Crippen molar-refractivity contribution in [3.63, 3.8) is 0 Å². The van der Waals surface area contributed by atoms with Gasteiger partial charge >= 0.3 is 0 Å². The van der Waals surface area contributed by atoms with Crippen molar-refractivity contribution in [3.8, 4) is 0 Å².